The van der Waals surface area contributed by atoms with Gasteiger partial charge in [0, 0.05) is 47.2 Å². The summed E-state index contributed by atoms with van der Waals surface area (Å²) in [5.74, 6) is 0. The number of nitrogens with two attached hydrogens (primary N) is 1. The molecule has 1 saturated heterocycles. The van der Waals surface area contributed by atoms with Crippen LogP contribution in [-0.4, -0.2) is 92.7 Å². The van der Waals surface area contributed by atoms with E-state index in [1.807, 2.05) is 0 Å². The Bertz CT molecular complexity index is 522. The molecule has 2 radical (unpaired) electrons. The van der Waals surface area contributed by atoms with Crippen molar-refractivity contribution in [1.82, 2.24) is 0 Å². The van der Waals surface area contributed by atoms with Crippen molar-refractivity contribution in [3.63, 3.8) is 0 Å². The minimum atomic E-state index is -3.38. The summed E-state index contributed by atoms with van der Waals surface area (Å²) in [6, 6.07) is -0.889. The highest BCUT2D eigenvalue weighted by Crippen LogP contribution is 2.48. The predicted octanol–water partition coefficient (Wildman–Crippen LogP) is 0.579. The first-order valence-corrected chi connectivity index (χ1v) is 11.9. The fraction of sp³-hybridized carbons (Fsp3) is 1.00. The molecule has 1 heterocycles. The van der Waals surface area contributed by atoms with Crippen molar-refractivity contribution in [1.29, 1.82) is 0 Å². The summed E-state index contributed by atoms with van der Waals surface area (Å²) < 4.78 is 61.2. The maximum Gasteiger partial charge on any atom is 0.327 e. The lowest BCUT2D eigenvalue weighted by atomic mass is 9.93. The molecule has 152 valence electrons. The van der Waals surface area contributed by atoms with Crippen LogP contribution >= 0.6 is 15.2 Å². The van der Waals surface area contributed by atoms with E-state index in [1.54, 1.807) is 0 Å². The first kappa shape index (κ1) is 24.2. The molecular weight excluding hydrogens is 387 g/mol. The van der Waals surface area contributed by atoms with Crippen molar-refractivity contribution < 1.29 is 41.4 Å². The molecular formula is C13H28BNO9P2. The highest BCUT2D eigenvalue weighted by molar-refractivity contribution is 7.53. The number of hydrogen-bond donors (Lipinski definition) is 1. The van der Waals surface area contributed by atoms with Gasteiger partial charge in [0.1, 0.15) is 26.2 Å². The van der Waals surface area contributed by atoms with Gasteiger partial charge in [-0.2, -0.15) is 0 Å². The lowest BCUT2D eigenvalue weighted by Gasteiger charge is -2.27. The summed E-state index contributed by atoms with van der Waals surface area (Å²) in [7, 11) is 3.38. The van der Waals surface area contributed by atoms with E-state index in [4.69, 9.17) is 45.9 Å². The van der Waals surface area contributed by atoms with Crippen LogP contribution in [0.2, 0.25) is 0 Å². The van der Waals surface area contributed by atoms with E-state index >= 15 is 0 Å². The second-order valence-electron chi connectivity index (χ2n) is 5.80. The van der Waals surface area contributed by atoms with E-state index in [1.165, 1.54) is 34.7 Å². The third-order valence-electron chi connectivity index (χ3n) is 3.87. The smallest absolute Gasteiger partial charge is 0.327 e. The lowest BCUT2D eigenvalue weighted by Crippen LogP contribution is -2.41. The summed E-state index contributed by atoms with van der Waals surface area (Å²) in [6.45, 7) is 2.84. The Morgan fingerprint density at radius 2 is 1.73 bits per heavy atom. The molecule has 1 fully saturated rings. The van der Waals surface area contributed by atoms with Crippen molar-refractivity contribution >= 4 is 23.0 Å². The summed E-state index contributed by atoms with van der Waals surface area (Å²) in [5, 5.41) is 0. The zero-order chi connectivity index (χ0) is 20.0. The molecule has 1 rings (SSSR count). The molecule has 0 aromatic carbocycles. The second kappa shape index (κ2) is 10.7. The Morgan fingerprint density at radius 3 is 2.23 bits per heavy atom. The largest absolute Gasteiger partial charge is 0.378 e. The quantitative estimate of drug-likeness (QED) is 0.358. The molecule has 0 spiro atoms. The number of rotatable bonds is 12. The minimum Gasteiger partial charge on any atom is -0.378 e. The van der Waals surface area contributed by atoms with Gasteiger partial charge in [0.25, 0.3) is 0 Å². The molecule has 7 atom stereocenters. The molecule has 0 saturated carbocycles. The van der Waals surface area contributed by atoms with E-state index in [0.29, 0.717) is 0 Å². The molecule has 0 amide bonds. The molecule has 0 bridgehead atoms. The van der Waals surface area contributed by atoms with Crippen LogP contribution in [0.25, 0.3) is 0 Å². The maximum absolute atomic E-state index is 12.3. The highest BCUT2D eigenvalue weighted by atomic mass is 31.2. The Kier molecular flexibility index (Phi) is 9.95. The topological polar surface area (TPSA) is 125 Å². The molecule has 2 N–H and O–H groups in total. The minimum absolute atomic E-state index is 0.132. The van der Waals surface area contributed by atoms with Gasteiger partial charge in [0.05, 0.1) is 19.3 Å². The molecule has 0 aromatic rings. The Balaban J connectivity index is 2.88. The van der Waals surface area contributed by atoms with Gasteiger partial charge in [-0.3, -0.25) is 13.7 Å². The summed E-state index contributed by atoms with van der Waals surface area (Å²) >= 11 is 0. The zero-order valence-electron chi connectivity index (χ0n) is 15.7. The standard InChI is InChI=1S/C13H28BNO9P2/c1-18-9(6-15)7-21-12-11(24-26(5,17)20-3)10(23-13(12)14)8-22-25(4,16)19-2/h9-13H,6-8,15H2,1-5H3/t9?,10-,11?,12+,13-,25?,26?/m1/s1. The van der Waals surface area contributed by atoms with Crippen LogP contribution in [0, 0.1) is 0 Å². The van der Waals surface area contributed by atoms with Crippen LogP contribution in [0.15, 0.2) is 0 Å². The van der Waals surface area contributed by atoms with Crippen molar-refractivity contribution in [2.24, 2.45) is 5.73 Å². The molecule has 1 aliphatic rings. The van der Waals surface area contributed by atoms with Crippen LogP contribution in [0.4, 0.5) is 0 Å². The van der Waals surface area contributed by atoms with Crippen LogP contribution < -0.4 is 5.73 Å². The third kappa shape index (κ3) is 7.32. The first-order chi connectivity index (χ1) is 12.1. The average molecular weight is 415 g/mol. The average Bonchev–Trinajstić information content (AvgIpc) is 2.89. The van der Waals surface area contributed by atoms with E-state index in [2.05, 4.69) is 0 Å². The van der Waals surface area contributed by atoms with Gasteiger partial charge in [-0.05, 0) is 0 Å². The van der Waals surface area contributed by atoms with Gasteiger partial charge >= 0.3 is 15.2 Å². The molecule has 4 unspecified atom stereocenters. The van der Waals surface area contributed by atoms with Crippen LogP contribution in [-0.2, 0) is 41.4 Å². The molecule has 10 nitrogen and oxygen atoms in total. The highest BCUT2D eigenvalue weighted by Gasteiger charge is 2.47. The zero-order valence-corrected chi connectivity index (χ0v) is 17.5. The van der Waals surface area contributed by atoms with Gasteiger partial charge in [0.2, 0.25) is 0 Å². The molecule has 26 heavy (non-hydrogen) atoms. The Labute approximate surface area is 155 Å². The van der Waals surface area contributed by atoms with Gasteiger partial charge in [-0.1, -0.05) is 0 Å². The summed E-state index contributed by atoms with van der Waals surface area (Å²) in [4.78, 5) is 0. The van der Waals surface area contributed by atoms with Crippen molar-refractivity contribution in [3.8, 4) is 0 Å². The van der Waals surface area contributed by atoms with E-state index < -0.39 is 39.5 Å². The van der Waals surface area contributed by atoms with Crippen LogP contribution in [0.1, 0.15) is 0 Å². The predicted molar refractivity (Wildman–Crippen MR) is 95.9 cm³/mol. The maximum atomic E-state index is 12.3. The first-order valence-electron chi connectivity index (χ1n) is 7.94. The Hall–Kier alpha value is 0.205. The van der Waals surface area contributed by atoms with Gasteiger partial charge in [0.15, 0.2) is 0 Å². The van der Waals surface area contributed by atoms with Gasteiger partial charge < -0.3 is 33.5 Å². The SMILES string of the molecule is [B][C@@H]1O[C@H](COP(C)(=O)OC)C(OP(C)(=O)OC)[C@@H]1OCC(CN)OC. The fourth-order valence-corrected chi connectivity index (χ4v) is 3.49. The molecule has 13 heteroatoms. The van der Waals surface area contributed by atoms with Crippen molar-refractivity contribution in [2.45, 2.75) is 30.4 Å². The summed E-state index contributed by atoms with van der Waals surface area (Å²) in [6.07, 6.45) is -2.80. The second-order valence-corrected chi connectivity index (χ2v) is 10.1. The van der Waals surface area contributed by atoms with Crippen LogP contribution in [0.5, 0.6) is 0 Å². The van der Waals surface area contributed by atoms with Crippen LogP contribution in [0.3, 0.4) is 0 Å². The van der Waals surface area contributed by atoms with Gasteiger partial charge in [-0.25, -0.2) is 0 Å². The molecule has 0 aromatic heterocycles. The fourth-order valence-electron chi connectivity index (χ4n) is 2.18. The van der Waals surface area contributed by atoms with E-state index in [-0.39, 0.29) is 25.9 Å². The monoisotopic (exact) mass is 415 g/mol. The molecule has 0 aliphatic carbocycles. The van der Waals surface area contributed by atoms with E-state index in [0.717, 1.165) is 0 Å². The van der Waals surface area contributed by atoms with Gasteiger partial charge in [-0.15, -0.1) is 0 Å². The number of methoxy groups -OCH3 is 1. The summed E-state index contributed by atoms with van der Waals surface area (Å²) in [5.41, 5.74) is 5.57. The van der Waals surface area contributed by atoms with Crippen molar-refractivity contribution in [3.05, 3.63) is 0 Å². The third-order valence-corrected chi connectivity index (χ3v) is 6.44. The van der Waals surface area contributed by atoms with E-state index in [9.17, 15) is 9.13 Å². The number of ether oxygens (including phenoxy) is 3. The number of hydrogen-bond acceptors (Lipinski definition) is 10. The normalized spacial score (nSPS) is 32.1. The van der Waals surface area contributed by atoms with Crippen molar-refractivity contribution in [2.75, 3.05) is 54.4 Å². The molecule has 1 aliphatic heterocycles. The Morgan fingerprint density at radius 1 is 1.12 bits per heavy atom. The lowest BCUT2D eigenvalue weighted by molar-refractivity contribution is -0.0585.